The van der Waals surface area contributed by atoms with Gasteiger partial charge in [-0.25, -0.2) is 4.98 Å². The zero-order valence-electron chi connectivity index (χ0n) is 12.6. The Morgan fingerprint density at radius 3 is 2.60 bits per heavy atom. The molecule has 0 saturated carbocycles. The molecule has 106 valence electrons. The Bertz CT molecular complexity index is 600. The summed E-state index contributed by atoms with van der Waals surface area (Å²) >= 11 is 0. The molecule has 20 heavy (non-hydrogen) atoms. The fourth-order valence-electron chi connectivity index (χ4n) is 2.11. The predicted molar refractivity (Wildman–Crippen MR) is 82.1 cm³/mol. The molecule has 1 aromatic carbocycles. The number of nitrogens with zero attached hydrogens (tertiary/aromatic N) is 1. The molecule has 1 heterocycles. The van der Waals surface area contributed by atoms with Crippen LogP contribution in [0.5, 0.6) is 11.6 Å². The van der Waals surface area contributed by atoms with Crippen molar-refractivity contribution < 1.29 is 4.74 Å². The van der Waals surface area contributed by atoms with Gasteiger partial charge in [-0.05, 0) is 30.0 Å². The third kappa shape index (κ3) is 3.17. The molecule has 0 fully saturated rings. The SMILES string of the molecule is Cc1ccc(C(C)(C)C)c(Oc2ncccc2CN)c1. The van der Waals surface area contributed by atoms with Gasteiger partial charge in [-0.15, -0.1) is 0 Å². The number of benzene rings is 1. The van der Waals surface area contributed by atoms with Crippen molar-refractivity contribution in [2.75, 3.05) is 0 Å². The number of nitrogens with two attached hydrogens (primary N) is 1. The van der Waals surface area contributed by atoms with Crippen molar-refractivity contribution in [1.82, 2.24) is 4.98 Å². The lowest BCUT2D eigenvalue weighted by molar-refractivity contribution is 0.434. The van der Waals surface area contributed by atoms with Crippen LogP contribution in [-0.4, -0.2) is 4.98 Å². The Kier molecular flexibility index (Phi) is 4.09. The molecule has 0 aliphatic heterocycles. The van der Waals surface area contributed by atoms with Crippen molar-refractivity contribution in [3.05, 3.63) is 53.2 Å². The standard InChI is InChI=1S/C17H22N2O/c1-12-7-8-14(17(2,3)4)15(10-12)20-16-13(11-18)6-5-9-19-16/h5-10H,11,18H2,1-4H3. The number of pyridine rings is 1. The van der Waals surface area contributed by atoms with E-state index in [1.54, 1.807) is 6.20 Å². The van der Waals surface area contributed by atoms with Gasteiger partial charge in [0.15, 0.2) is 0 Å². The van der Waals surface area contributed by atoms with Crippen LogP contribution < -0.4 is 10.5 Å². The van der Waals surface area contributed by atoms with E-state index >= 15 is 0 Å². The van der Waals surface area contributed by atoms with Crippen LogP contribution in [0.2, 0.25) is 0 Å². The van der Waals surface area contributed by atoms with E-state index < -0.39 is 0 Å². The van der Waals surface area contributed by atoms with Gasteiger partial charge in [0.1, 0.15) is 5.75 Å². The van der Waals surface area contributed by atoms with E-state index in [-0.39, 0.29) is 5.41 Å². The number of hydrogen-bond acceptors (Lipinski definition) is 3. The summed E-state index contributed by atoms with van der Waals surface area (Å²) in [5.41, 5.74) is 8.99. The average Bonchev–Trinajstić information content (AvgIpc) is 2.38. The fourth-order valence-corrected chi connectivity index (χ4v) is 2.11. The molecule has 2 rings (SSSR count). The Morgan fingerprint density at radius 1 is 1.20 bits per heavy atom. The summed E-state index contributed by atoms with van der Waals surface area (Å²) < 4.78 is 6.05. The van der Waals surface area contributed by atoms with E-state index in [4.69, 9.17) is 10.5 Å². The van der Waals surface area contributed by atoms with Gasteiger partial charge in [-0.3, -0.25) is 0 Å². The van der Waals surface area contributed by atoms with E-state index in [1.165, 1.54) is 5.56 Å². The van der Waals surface area contributed by atoms with E-state index in [0.717, 1.165) is 16.9 Å². The molecule has 0 aliphatic rings. The van der Waals surface area contributed by atoms with Crippen LogP contribution in [-0.2, 0) is 12.0 Å². The highest BCUT2D eigenvalue weighted by Gasteiger charge is 2.20. The Morgan fingerprint density at radius 2 is 1.95 bits per heavy atom. The molecular weight excluding hydrogens is 248 g/mol. The van der Waals surface area contributed by atoms with Gasteiger partial charge >= 0.3 is 0 Å². The first-order valence-corrected chi connectivity index (χ1v) is 6.85. The van der Waals surface area contributed by atoms with E-state index in [2.05, 4.69) is 50.9 Å². The summed E-state index contributed by atoms with van der Waals surface area (Å²) in [6, 6.07) is 10.1. The van der Waals surface area contributed by atoms with Crippen molar-refractivity contribution in [2.24, 2.45) is 5.73 Å². The largest absolute Gasteiger partial charge is 0.438 e. The van der Waals surface area contributed by atoms with Crippen molar-refractivity contribution in [1.29, 1.82) is 0 Å². The first kappa shape index (κ1) is 14.5. The smallest absolute Gasteiger partial charge is 0.223 e. The van der Waals surface area contributed by atoms with Crippen LogP contribution in [0, 0.1) is 6.92 Å². The van der Waals surface area contributed by atoms with Crippen LogP contribution in [0.25, 0.3) is 0 Å². The third-order valence-electron chi connectivity index (χ3n) is 3.22. The molecule has 0 bridgehead atoms. The zero-order valence-corrected chi connectivity index (χ0v) is 12.6. The molecule has 0 radical (unpaired) electrons. The van der Waals surface area contributed by atoms with Crippen LogP contribution >= 0.6 is 0 Å². The van der Waals surface area contributed by atoms with Crippen molar-refractivity contribution in [2.45, 2.75) is 39.7 Å². The zero-order chi connectivity index (χ0) is 14.8. The molecule has 2 aromatic rings. The number of aromatic nitrogens is 1. The Labute approximate surface area is 120 Å². The van der Waals surface area contributed by atoms with E-state index in [1.807, 2.05) is 12.1 Å². The number of aryl methyl sites for hydroxylation is 1. The molecule has 0 aliphatic carbocycles. The molecule has 0 atom stereocenters. The van der Waals surface area contributed by atoms with Gasteiger partial charge in [0.05, 0.1) is 0 Å². The lowest BCUT2D eigenvalue weighted by atomic mass is 9.86. The summed E-state index contributed by atoms with van der Waals surface area (Å²) in [6.45, 7) is 8.99. The molecule has 3 nitrogen and oxygen atoms in total. The highest BCUT2D eigenvalue weighted by Crippen LogP contribution is 2.35. The summed E-state index contributed by atoms with van der Waals surface area (Å²) in [5, 5.41) is 0. The number of hydrogen-bond donors (Lipinski definition) is 1. The van der Waals surface area contributed by atoms with E-state index in [0.29, 0.717) is 12.4 Å². The number of ether oxygens (including phenoxy) is 1. The summed E-state index contributed by atoms with van der Waals surface area (Å²) in [5.74, 6) is 1.44. The Hall–Kier alpha value is -1.87. The minimum absolute atomic E-state index is 0.0146. The topological polar surface area (TPSA) is 48.1 Å². The second-order valence-electron chi connectivity index (χ2n) is 6.02. The molecule has 0 saturated heterocycles. The normalized spacial score (nSPS) is 11.4. The maximum absolute atomic E-state index is 6.05. The summed E-state index contributed by atoms with van der Waals surface area (Å²) in [6.07, 6.45) is 1.72. The van der Waals surface area contributed by atoms with Gasteiger partial charge < -0.3 is 10.5 Å². The molecule has 2 N–H and O–H groups in total. The summed E-state index contributed by atoms with van der Waals surface area (Å²) in [7, 11) is 0. The Balaban J connectivity index is 2.45. The second-order valence-corrected chi connectivity index (χ2v) is 6.02. The highest BCUT2D eigenvalue weighted by atomic mass is 16.5. The van der Waals surface area contributed by atoms with Crippen LogP contribution in [0.3, 0.4) is 0 Å². The summed E-state index contributed by atoms with van der Waals surface area (Å²) in [4.78, 5) is 4.30. The first-order chi connectivity index (χ1) is 9.41. The van der Waals surface area contributed by atoms with Crippen molar-refractivity contribution in [3.63, 3.8) is 0 Å². The van der Waals surface area contributed by atoms with Crippen molar-refractivity contribution >= 4 is 0 Å². The average molecular weight is 270 g/mol. The predicted octanol–water partition coefficient (Wildman–Crippen LogP) is 3.94. The minimum atomic E-state index is 0.0146. The lowest BCUT2D eigenvalue weighted by Gasteiger charge is -2.23. The molecule has 0 spiro atoms. The quantitative estimate of drug-likeness (QED) is 0.919. The van der Waals surface area contributed by atoms with Gasteiger partial charge in [0.25, 0.3) is 0 Å². The molecule has 1 aromatic heterocycles. The van der Waals surface area contributed by atoms with Crippen LogP contribution in [0.15, 0.2) is 36.5 Å². The highest BCUT2D eigenvalue weighted by molar-refractivity contribution is 5.44. The second kappa shape index (κ2) is 5.63. The number of rotatable bonds is 3. The van der Waals surface area contributed by atoms with Crippen molar-refractivity contribution in [3.8, 4) is 11.6 Å². The van der Waals surface area contributed by atoms with Gasteiger partial charge in [0.2, 0.25) is 5.88 Å². The molecule has 0 amide bonds. The van der Waals surface area contributed by atoms with Gasteiger partial charge in [-0.1, -0.05) is 39.0 Å². The molecule has 3 heteroatoms. The molecular formula is C17H22N2O. The fraction of sp³-hybridized carbons (Fsp3) is 0.353. The van der Waals surface area contributed by atoms with Gasteiger partial charge in [0, 0.05) is 23.9 Å². The molecule has 0 unspecified atom stereocenters. The maximum atomic E-state index is 6.05. The minimum Gasteiger partial charge on any atom is -0.438 e. The monoisotopic (exact) mass is 270 g/mol. The van der Waals surface area contributed by atoms with Gasteiger partial charge in [-0.2, -0.15) is 0 Å². The van der Waals surface area contributed by atoms with Crippen LogP contribution in [0.1, 0.15) is 37.5 Å². The van der Waals surface area contributed by atoms with Crippen LogP contribution in [0.4, 0.5) is 0 Å². The lowest BCUT2D eigenvalue weighted by Crippen LogP contribution is -2.13. The van der Waals surface area contributed by atoms with E-state index in [9.17, 15) is 0 Å². The maximum Gasteiger partial charge on any atom is 0.223 e. The third-order valence-corrected chi connectivity index (χ3v) is 3.22. The first-order valence-electron chi connectivity index (χ1n) is 6.85.